The predicted octanol–water partition coefficient (Wildman–Crippen LogP) is -0.197. The topological polar surface area (TPSA) is 35.5 Å². The monoisotopic (exact) mass is 170 g/mol. The minimum atomic E-state index is 0.274. The highest BCUT2D eigenvalue weighted by atomic mass is 16.3. The van der Waals surface area contributed by atoms with Crippen molar-refractivity contribution in [1.29, 1.82) is 0 Å². The molecule has 3 nitrogen and oxygen atoms in total. The highest BCUT2D eigenvalue weighted by molar-refractivity contribution is 4.93. The summed E-state index contributed by atoms with van der Waals surface area (Å²) in [6.07, 6.45) is 2.73. The lowest BCUT2D eigenvalue weighted by Crippen LogP contribution is -2.57. The van der Waals surface area contributed by atoms with E-state index in [2.05, 4.69) is 17.1 Å². The first-order valence-electron chi connectivity index (χ1n) is 4.91. The van der Waals surface area contributed by atoms with Crippen LogP contribution in [0.15, 0.2) is 0 Å². The normalized spacial score (nSPS) is 38.5. The summed E-state index contributed by atoms with van der Waals surface area (Å²) >= 11 is 0. The first-order valence-corrected chi connectivity index (χ1v) is 4.91. The second-order valence-corrected chi connectivity index (χ2v) is 4.06. The standard InChI is InChI=1S/C9H18N2O/c1-7-4-10-8(6-12)5-11(7)9-2-3-9/h7-10,12H,2-6H2,1H3. The average Bonchev–Trinajstić information content (AvgIpc) is 2.88. The third kappa shape index (κ3) is 1.63. The van der Waals surface area contributed by atoms with Gasteiger partial charge in [0.2, 0.25) is 0 Å². The van der Waals surface area contributed by atoms with Crippen molar-refractivity contribution in [3.05, 3.63) is 0 Å². The molecule has 0 aromatic heterocycles. The molecule has 1 heterocycles. The number of nitrogens with one attached hydrogen (secondary N) is 1. The van der Waals surface area contributed by atoms with Crippen molar-refractivity contribution in [2.75, 3.05) is 19.7 Å². The Morgan fingerprint density at radius 2 is 2.25 bits per heavy atom. The minimum Gasteiger partial charge on any atom is -0.395 e. The Balaban J connectivity index is 1.90. The molecule has 0 aromatic carbocycles. The summed E-state index contributed by atoms with van der Waals surface area (Å²) in [5.74, 6) is 0. The molecule has 2 unspecified atom stereocenters. The van der Waals surface area contributed by atoms with E-state index < -0.39 is 0 Å². The molecule has 0 amide bonds. The van der Waals surface area contributed by atoms with E-state index in [0.717, 1.165) is 19.1 Å². The Kier molecular flexibility index (Phi) is 2.35. The summed E-state index contributed by atoms with van der Waals surface area (Å²) in [5, 5.41) is 12.3. The molecule has 1 aliphatic carbocycles. The number of aliphatic hydroxyl groups is 1. The molecule has 1 aliphatic heterocycles. The second kappa shape index (κ2) is 3.32. The molecule has 3 heteroatoms. The summed E-state index contributed by atoms with van der Waals surface area (Å²) in [6.45, 7) is 4.60. The van der Waals surface area contributed by atoms with Crippen LogP contribution in [0, 0.1) is 0 Å². The number of piperazine rings is 1. The summed E-state index contributed by atoms with van der Waals surface area (Å²) in [5.41, 5.74) is 0. The summed E-state index contributed by atoms with van der Waals surface area (Å²) in [4.78, 5) is 2.54. The zero-order valence-corrected chi connectivity index (χ0v) is 7.66. The summed E-state index contributed by atoms with van der Waals surface area (Å²) in [6, 6.07) is 1.79. The van der Waals surface area contributed by atoms with Gasteiger partial charge in [0.1, 0.15) is 0 Å². The first kappa shape index (κ1) is 8.48. The van der Waals surface area contributed by atoms with Crippen molar-refractivity contribution in [3.8, 4) is 0 Å². The quantitative estimate of drug-likeness (QED) is 0.602. The van der Waals surface area contributed by atoms with Crippen LogP contribution in [0.25, 0.3) is 0 Å². The Hall–Kier alpha value is -0.120. The van der Waals surface area contributed by atoms with Crippen LogP contribution in [0.1, 0.15) is 19.8 Å². The molecule has 2 aliphatic rings. The number of rotatable bonds is 2. The van der Waals surface area contributed by atoms with E-state index in [1.165, 1.54) is 12.8 Å². The van der Waals surface area contributed by atoms with Gasteiger partial charge in [-0.3, -0.25) is 4.90 Å². The maximum Gasteiger partial charge on any atom is 0.0597 e. The van der Waals surface area contributed by atoms with Gasteiger partial charge in [-0.25, -0.2) is 0 Å². The molecule has 1 saturated carbocycles. The molecule has 2 N–H and O–H groups in total. The fourth-order valence-electron chi connectivity index (χ4n) is 1.99. The zero-order chi connectivity index (χ0) is 8.55. The number of hydrogen-bond donors (Lipinski definition) is 2. The molecule has 0 spiro atoms. The van der Waals surface area contributed by atoms with Crippen molar-refractivity contribution in [2.45, 2.75) is 37.9 Å². The van der Waals surface area contributed by atoms with E-state index in [4.69, 9.17) is 5.11 Å². The molecular formula is C9H18N2O. The molecular weight excluding hydrogens is 152 g/mol. The highest BCUT2D eigenvalue weighted by Crippen LogP contribution is 2.29. The van der Waals surface area contributed by atoms with Crippen molar-refractivity contribution in [3.63, 3.8) is 0 Å². The lowest BCUT2D eigenvalue weighted by molar-refractivity contribution is 0.102. The SMILES string of the molecule is CC1CNC(CO)CN1C1CC1. The van der Waals surface area contributed by atoms with Crippen LogP contribution < -0.4 is 5.32 Å². The van der Waals surface area contributed by atoms with Crippen LogP contribution in [0.4, 0.5) is 0 Å². The first-order chi connectivity index (χ1) is 5.81. The van der Waals surface area contributed by atoms with E-state index in [1.807, 2.05) is 0 Å². The minimum absolute atomic E-state index is 0.274. The van der Waals surface area contributed by atoms with Gasteiger partial charge < -0.3 is 10.4 Å². The molecule has 0 radical (unpaired) electrons. The second-order valence-electron chi connectivity index (χ2n) is 4.06. The third-order valence-corrected chi connectivity index (χ3v) is 2.94. The maximum absolute atomic E-state index is 9.01. The van der Waals surface area contributed by atoms with Crippen molar-refractivity contribution in [1.82, 2.24) is 10.2 Å². The smallest absolute Gasteiger partial charge is 0.0597 e. The molecule has 1 saturated heterocycles. The van der Waals surface area contributed by atoms with Crippen LogP contribution in [0.5, 0.6) is 0 Å². The Labute approximate surface area is 73.8 Å². The van der Waals surface area contributed by atoms with Crippen LogP contribution >= 0.6 is 0 Å². The van der Waals surface area contributed by atoms with E-state index >= 15 is 0 Å². The van der Waals surface area contributed by atoms with Crippen LogP contribution in [0.3, 0.4) is 0 Å². The van der Waals surface area contributed by atoms with Gasteiger partial charge in [-0.05, 0) is 19.8 Å². The van der Waals surface area contributed by atoms with Gasteiger partial charge in [0.25, 0.3) is 0 Å². The van der Waals surface area contributed by atoms with Gasteiger partial charge in [0, 0.05) is 31.2 Å². The average molecular weight is 170 g/mol. The molecule has 2 atom stereocenters. The lowest BCUT2D eigenvalue weighted by atomic mass is 10.1. The zero-order valence-electron chi connectivity index (χ0n) is 7.66. The number of aliphatic hydroxyl groups excluding tert-OH is 1. The highest BCUT2D eigenvalue weighted by Gasteiger charge is 2.35. The van der Waals surface area contributed by atoms with Crippen molar-refractivity contribution < 1.29 is 5.11 Å². The molecule has 2 fully saturated rings. The molecule has 2 rings (SSSR count). The van der Waals surface area contributed by atoms with Gasteiger partial charge in [-0.15, -0.1) is 0 Å². The van der Waals surface area contributed by atoms with Gasteiger partial charge in [0.15, 0.2) is 0 Å². The van der Waals surface area contributed by atoms with E-state index in [9.17, 15) is 0 Å². The number of nitrogens with zero attached hydrogens (tertiary/aromatic N) is 1. The van der Waals surface area contributed by atoms with Gasteiger partial charge in [0.05, 0.1) is 6.61 Å². The largest absolute Gasteiger partial charge is 0.395 e. The fourth-order valence-corrected chi connectivity index (χ4v) is 1.99. The fraction of sp³-hybridized carbons (Fsp3) is 1.00. The van der Waals surface area contributed by atoms with Crippen LogP contribution in [0.2, 0.25) is 0 Å². The Morgan fingerprint density at radius 3 is 2.83 bits per heavy atom. The van der Waals surface area contributed by atoms with E-state index in [-0.39, 0.29) is 6.61 Å². The van der Waals surface area contributed by atoms with Crippen molar-refractivity contribution in [2.24, 2.45) is 0 Å². The molecule has 0 aromatic rings. The van der Waals surface area contributed by atoms with Crippen LogP contribution in [-0.4, -0.2) is 47.8 Å². The van der Waals surface area contributed by atoms with Gasteiger partial charge in [-0.2, -0.15) is 0 Å². The van der Waals surface area contributed by atoms with Crippen molar-refractivity contribution >= 4 is 0 Å². The maximum atomic E-state index is 9.01. The Bertz CT molecular complexity index is 159. The van der Waals surface area contributed by atoms with E-state index in [1.54, 1.807) is 0 Å². The summed E-state index contributed by atoms with van der Waals surface area (Å²) < 4.78 is 0. The third-order valence-electron chi connectivity index (χ3n) is 2.94. The van der Waals surface area contributed by atoms with E-state index in [0.29, 0.717) is 12.1 Å². The predicted molar refractivity (Wildman–Crippen MR) is 48.1 cm³/mol. The number of hydrogen-bond acceptors (Lipinski definition) is 3. The Morgan fingerprint density at radius 1 is 1.50 bits per heavy atom. The lowest BCUT2D eigenvalue weighted by Gasteiger charge is -2.38. The molecule has 0 bridgehead atoms. The molecule has 70 valence electrons. The molecule has 12 heavy (non-hydrogen) atoms. The summed E-state index contributed by atoms with van der Waals surface area (Å²) in [7, 11) is 0. The van der Waals surface area contributed by atoms with Gasteiger partial charge in [-0.1, -0.05) is 0 Å². The van der Waals surface area contributed by atoms with Gasteiger partial charge >= 0.3 is 0 Å². The van der Waals surface area contributed by atoms with Crippen LogP contribution in [-0.2, 0) is 0 Å².